The van der Waals surface area contributed by atoms with Gasteiger partial charge in [-0.25, -0.2) is 0 Å². The summed E-state index contributed by atoms with van der Waals surface area (Å²) in [4.78, 5) is 5.40. The van der Waals surface area contributed by atoms with Crippen LogP contribution in [0.5, 0.6) is 0 Å². The van der Waals surface area contributed by atoms with Gasteiger partial charge >= 0.3 is 0 Å². The molecule has 0 spiro atoms. The Morgan fingerprint density at radius 2 is 2.05 bits per heavy atom. The van der Waals surface area contributed by atoms with Crippen LogP contribution in [0.25, 0.3) is 0 Å². The van der Waals surface area contributed by atoms with Crippen LogP contribution in [0.3, 0.4) is 0 Å². The van der Waals surface area contributed by atoms with Gasteiger partial charge in [-0.15, -0.1) is 0 Å². The van der Waals surface area contributed by atoms with E-state index in [4.69, 9.17) is 29.6 Å². The molecule has 19 heavy (non-hydrogen) atoms. The van der Waals surface area contributed by atoms with Gasteiger partial charge in [-0.3, -0.25) is 4.90 Å². The fraction of sp³-hybridized carbons (Fsp3) is 0.500. The molecule has 1 saturated heterocycles. The third-order valence-corrected chi connectivity index (χ3v) is 4.20. The second-order valence-corrected chi connectivity index (χ2v) is 5.98. The van der Waals surface area contributed by atoms with Gasteiger partial charge in [-0.05, 0) is 18.2 Å². The van der Waals surface area contributed by atoms with Gasteiger partial charge in [0, 0.05) is 49.4 Å². The lowest BCUT2D eigenvalue weighted by atomic mass is 10.1. The molecular formula is C14H20ClN3S. The first-order chi connectivity index (χ1) is 9.06. The van der Waals surface area contributed by atoms with Crippen LogP contribution in [0.15, 0.2) is 24.3 Å². The Bertz CT molecular complexity index is 444. The van der Waals surface area contributed by atoms with Crippen molar-refractivity contribution in [1.29, 1.82) is 0 Å². The zero-order valence-electron chi connectivity index (χ0n) is 11.2. The number of nitrogens with zero attached hydrogens (tertiary/aromatic N) is 2. The van der Waals surface area contributed by atoms with Crippen molar-refractivity contribution in [1.82, 2.24) is 4.90 Å². The first kappa shape index (κ1) is 14.6. The van der Waals surface area contributed by atoms with Crippen LogP contribution >= 0.6 is 23.8 Å². The maximum atomic E-state index is 6.03. The second-order valence-electron chi connectivity index (χ2n) is 5.07. The van der Waals surface area contributed by atoms with E-state index in [2.05, 4.69) is 22.8 Å². The first-order valence-corrected chi connectivity index (χ1v) is 7.37. The van der Waals surface area contributed by atoms with Crippen molar-refractivity contribution in [2.75, 3.05) is 37.6 Å². The van der Waals surface area contributed by atoms with Crippen molar-refractivity contribution in [2.24, 2.45) is 11.7 Å². The Morgan fingerprint density at radius 1 is 1.37 bits per heavy atom. The summed E-state index contributed by atoms with van der Waals surface area (Å²) in [6.07, 6.45) is 0. The molecule has 2 rings (SSSR count). The molecule has 3 nitrogen and oxygen atoms in total. The van der Waals surface area contributed by atoms with Crippen molar-refractivity contribution < 1.29 is 0 Å². The van der Waals surface area contributed by atoms with Gasteiger partial charge in [0.1, 0.15) is 0 Å². The Balaban J connectivity index is 1.87. The third-order valence-electron chi connectivity index (χ3n) is 3.56. The lowest BCUT2D eigenvalue weighted by molar-refractivity contribution is 0.244. The number of anilines is 1. The minimum absolute atomic E-state index is 0.285. The molecule has 104 valence electrons. The number of nitrogens with two attached hydrogens (primary N) is 1. The van der Waals surface area contributed by atoms with Gasteiger partial charge in [0.2, 0.25) is 0 Å². The molecule has 1 aliphatic rings. The Kier molecular flexibility index (Phi) is 5.02. The van der Waals surface area contributed by atoms with E-state index in [-0.39, 0.29) is 5.92 Å². The first-order valence-electron chi connectivity index (χ1n) is 6.58. The molecule has 1 aliphatic heterocycles. The fourth-order valence-electron chi connectivity index (χ4n) is 2.34. The number of thiocarbonyl (C=S) groups is 1. The Labute approximate surface area is 125 Å². The van der Waals surface area contributed by atoms with Crippen LogP contribution in [0.4, 0.5) is 5.69 Å². The summed E-state index contributed by atoms with van der Waals surface area (Å²) in [5.74, 6) is 0.285. The van der Waals surface area contributed by atoms with Gasteiger partial charge in [0.25, 0.3) is 0 Å². The summed E-state index contributed by atoms with van der Waals surface area (Å²) in [5.41, 5.74) is 6.87. The van der Waals surface area contributed by atoms with E-state index in [9.17, 15) is 0 Å². The summed E-state index contributed by atoms with van der Waals surface area (Å²) in [6.45, 7) is 7.16. The van der Waals surface area contributed by atoms with E-state index < -0.39 is 0 Å². The zero-order valence-corrected chi connectivity index (χ0v) is 12.8. The fourth-order valence-corrected chi connectivity index (χ4v) is 2.60. The lowest BCUT2D eigenvalue weighted by Crippen LogP contribution is -2.48. The van der Waals surface area contributed by atoms with Gasteiger partial charge in [0.05, 0.1) is 4.99 Å². The van der Waals surface area contributed by atoms with E-state index in [1.165, 1.54) is 5.69 Å². The molecule has 0 amide bonds. The molecule has 5 heteroatoms. The van der Waals surface area contributed by atoms with E-state index in [1.54, 1.807) is 0 Å². The van der Waals surface area contributed by atoms with Crippen molar-refractivity contribution in [2.45, 2.75) is 6.92 Å². The molecule has 2 N–H and O–H groups in total. The molecule has 0 saturated carbocycles. The molecule has 1 aromatic rings. The zero-order chi connectivity index (χ0) is 13.8. The molecule has 1 heterocycles. The maximum absolute atomic E-state index is 6.03. The van der Waals surface area contributed by atoms with Crippen LogP contribution in [0.2, 0.25) is 5.02 Å². The average Bonchev–Trinajstić information content (AvgIpc) is 2.39. The van der Waals surface area contributed by atoms with Gasteiger partial charge < -0.3 is 10.6 Å². The topological polar surface area (TPSA) is 32.5 Å². The molecule has 1 fully saturated rings. The van der Waals surface area contributed by atoms with Crippen molar-refractivity contribution >= 4 is 34.5 Å². The minimum atomic E-state index is 0.285. The molecule has 1 unspecified atom stereocenters. The predicted octanol–water partition coefficient (Wildman–Crippen LogP) is 2.38. The summed E-state index contributed by atoms with van der Waals surface area (Å²) in [6, 6.07) is 8.04. The van der Waals surface area contributed by atoms with Crippen molar-refractivity contribution in [3.63, 3.8) is 0 Å². The molecule has 0 bridgehead atoms. The Morgan fingerprint density at radius 3 is 2.63 bits per heavy atom. The quantitative estimate of drug-likeness (QED) is 0.865. The standard InChI is InChI=1S/C14H20ClN3S/c1-11(14(16)19)10-17-5-7-18(8-6-17)13-4-2-3-12(15)9-13/h2-4,9,11H,5-8,10H2,1H3,(H2,16,19). The van der Waals surface area contributed by atoms with Crippen LogP contribution in [0.1, 0.15) is 6.92 Å². The summed E-state index contributed by atoms with van der Waals surface area (Å²) in [7, 11) is 0. The number of rotatable bonds is 4. The van der Waals surface area contributed by atoms with E-state index in [0.717, 1.165) is 37.7 Å². The molecule has 1 aromatic carbocycles. The van der Waals surface area contributed by atoms with Crippen molar-refractivity contribution in [3.05, 3.63) is 29.3 Å². The van der Waals surface area contributed by atoms with Crippen LogP contribution in [-0.2, 0) is 0 Å². The number of piperazine rings is 1. The normalized spacial score (nSPS) is 18.3. The largest absolute Gasteiger partial charge is 0.393 e. The average molecular weight is 298 g/mol. The van der Waals surface area contributed by atoms with Crippen LogP contribution < -0.4 is 10.6 Å². The van der Waals surface area contributed by atoms with E-state index in [0.29, 0.717) is 4.99 Å². The van der Waals surface area contributed by atoms with E-state index in [1.807, 2.05) is 18.2 Å². The number of hydrogen-bond donors (Lipinski definition) is 1. The third kappa shape index (κ3) is 4.06. The van der Waals surface area contributed by atoms with Crippen molar-refractivity contribution in [3.8, 4) is 0 Å². The van der Waals surface area contributed by atoms with Gasteiger partial charge in [0.15, 0.2) is 0 Å². The highest BCUT2D eigenvalue weighted by atomic mass is 35.5. The number of halogens is 1. The molecule has 0 aliphatic carbocycles. The minimum Gasteiger partial charge on any atom is -0.393 e. The van der Waals surface area contributed by atoms with Crippen LogP contribution in [-0.4, -0.2) is 42.6 Å². The maximum Gasteiger partial charge on any atom is 0.0768 e. The van der Waals surface area contributed by atoms with Crippen LogP contribution in [0, 0.1) is 5.92 Å². The molecule has 0 radical (unpaired) electrons. The summed E-state index contributed by atoms with van der Waals surface area (Å²) < 4.78 is 0. The predicted molar refractivity (Wildman–Crippen MR) is 86.1 cm³/mol. The molecule has 1 atom stereocenters. The Hall–Kier alpha value is -0.840. The number of hydrogen-bond acceptors (Lipinski definition) is 3. The molecular weight excluding hydrogens is 278 g/mol. The highest BCUT2D eigenvalue weighted by Crippen LogP contribution is 2.20. The highest BCUT2D eigenvalue weighted by molar-refractivity contribution is 7.80. The van der Waals surface area contributed by atoms with Gasteiger partial charge in [-0.2, -0.15) is 0 Å². The monoisotopic (exact) mass is 297 g/mol. The smallest absolute Gasteiger partial charge is 0.0768 e. The van der Waals surface area contributed by atoms with Gasteiger partial charge in [-0.1, -0.05) is 36.8 Å². The molecule has 0 aromatic heterocycles. The SMILES string of the molecule is CC(CN1CCN(c2cccc(Cl)c2)CC1)C(N)=S. The summed E-state index contributed by atoms with van der Waals surface area (Å²) >= 11 is 11.1. The van der Waals surface area contributed by atoms with E-state index >= 15 is 0 Å². The number of benzene rings is 1. The summed E-state index contributed by atoms with van der Waals surface area (Å²) in [5, 5.41) is 0.794. The second kappa shape index (κ2) is 6.55. The highest BCUT2D eigenvalue weighted by Gasteiger charge is 2.19. The lowest BCUT2D eigenvalue weighted by Gasteiger charge is -2.37.